The van der Waals surface area contributed by atoms with E-state index in [1.807, 2.05) is 18.2 Å². The van der Waals surface area contributed by atoms with Gasteiger partial charge in [-0.05, 0) is 31.4 Å². The lowest BCUT2D eigenvalue weighted by Crippen LogP contribution is -2.42. The Hall–Kier alpha value is -2.35. The Morgan fingerprint density at radius 1 is 1.37 bits per heavy atom. The highest BCUT2D eigenvalue weighted by Crippen LogP contribution is 2.23. The fourth-order valence-electron chi connectivity index (χ4n) is 3.16. The molecular weight excluding hydrogens is 370 g/mol. The maximum atomic E-state index is 12.2. The van der Waals surface area contributed by atoms with Crippen LogP contribution >= 0.6 is 0 Å². The Morgan fingerprint density at radius 3 is 2.81 bits per heavy atom. The Labute approximate surface area is 158 Å². The third-order valence-electron chi connectivity index (χ3n) is 4.72. The molecule has 8 heteroatoms. The predicted octanol–water partition coefficient (Wildman–Crippen LogP) is 1.77. The maximum Gasteiger partial charge on any atom is 0.311 e. The van der Waals surface area contributed by atoms with Crippen molar-refractivity contribution in [3.63, 3.8) is 0 Å². The van der Waals surface area contributed by atoms with Gasteiger partial charge in [0, 0.05) is 17.0 Å². The first-order chi connectivity index (χ1) is 12.8. The van der Waals surface area contributed by atoms with Crippen LogP contribution in [0.25, 0.3) is 11.0 Å². The fraction of sp³-hybridized carbons (Fsp3) is 0.474. The second-order valence-electron chi connectivity index (χ2n) is 6.86. The van der Waals surface area contributed by atoms with E-state index in [2.05, 4.69) is 12.2 Å². The first-order valence-electron chi connectivity index (χ1n) is 8.96. The summed E-state index contributed by atoms with van der Waals surface area (Å²) >= 11 is 0. The Kier molecular flexibility index (Phi) is 5.55. The smallest absolute Gasteiger partial charge is 0.311 e. The third kappa shape index (κ3) is 4.68. The lowest BCUT2D eigenvalue weighted by atomic mass is 10.1. The summed E-state index contributed by atoms with van der Waals surface area (Å²) in [6.07, 6.45) is 1.80. The quantitative estimate of drug-likeness (QED) is 0.751. The molecule has 3 rings (SSSR count). The van der Waals surface area contributed by atoms with Crippen molar-refractivity contribution in [2.45, 2.75) is 45.3 Å². The number of benzene rings is 1. The average molecular weight is 393 g/mol. The fourth-order valence-corrected chi connectivity index (χ4v) is 4.83. The summed E-state index contributed by atoms with van der Waals surface area (Å²) in [4.78, 5) is 24.3. The van der Waals surface area contributed by atoms with Crippen LogP contribution in [0.15, 0.2) is 28.9 Å². The molecule has 1 saturated heterocycles. The predicted molar refractivity (Wildman–Crippen MR) is 100 cm³/mol. The van der Waals surface area contributed by atoms with Gasteiger partial charge < -0.3 is 14.5 Å². The largest absolute Gasteiger partial charge is 0.464 e. The summed E-state index contributed by atoms with van der Waals surface area (Å²) in [5.41, 5.74) is 2.56. The van der Waals surface area contributed by atoms with Gasteiger partial charge in [0.15, 0.2) is 15.9 Å². The van der Waals surface area contributed by atoms with Crippen molar-refractivity contribution in [3.05, 3.63) is 35.6 Å². The number of aryl methyl sites for hydroxylation is 1. The molecule has 1 aliphatic rings. The van der Waals surface area contributed by atoms with Gasteiger partial charge in [-0.15, -0.1) is 0 Å². The summed E-state index contributed by atoms with van der Waals surface area (Å²) in [5, 5.41) is 3.47. The van der Waals surface area contributed by atoms with Crippen LogP contribution in [0.2, 0.25) is 0 Å². The summed E-state index contributed by atoms with van der Waals surface area (Å²) in [6, 6.07) is 5.42. The first-order valence-corrected chi connectivity index (χ1v) is 10.8. The highest BCUT2D eigenvalue weighted by atomic mass is 32.2. The number of amides is 1. The molecule has 0 aliphatic carbocycles. The number of esters is 1. The standard InChI is InChI=1S/C19H23NO6S/c1-3-13-4-5-16-14(10-25-17(16)8-13)9-18(21)26-12(2)19(22)20-15-6-7-27(23,24)11-15/h4-5,8,10,12,15H,3,6-7,9,11H2,1-2H3,(H,20,22)/t12-,15-/m1/s1. The van der Waals surface area contributed by atoms with E-state index in [1.54, 1.807) is 0 Å². The van der Waals surface area contributed by atoms with Crippen molar-refractivity contribution in [2.24, 2.45) is 0 Å². The number of carbonyl (C=O) groups is 2. The first kappa shape index (κ1) is 19.4. The van der Waals surface area contributed by atoms with Crippen LogP contribution in [0.3, 0.4) is 0 Å². The number of sulfone groups is 1. The summed E-state index contributed by atoms with van der Waals surface area (Å²) in [5.74, 6) is -1.03. The van der Waals surface area contributed by atoms with Crippen LogP contribution in [0.1, 0.15) is 31.4 Å². The molecule has 7 nitrogen and oxygen atoms in total. The van der Waals surface area contributed by atoms with Crippen LogP contribution in [-0.4, -0.2) is 43.9 Å². The molecule has 1 aliphatic heterocycles. The van der Waals surface area contributed by atoms with Gasteiger partial charge in [0.25, 0.3) is 5.91 Å². The van der Waals surface area contributed by atoms with Gasteiger partial charge in [0.2, 0.25) is 0 Å². The van der Waals surface area contributed by atoms with Crippen LogP contribution in [0.5, 0.6) is 0 Å². The van der Waals surface area contributed by atoms with Crippen molar-refractivity contribution in [2.75, 3.05) is 11.5 Å². The van der Waals surface area contributed by atoms with Crippen LogP contribution in [0, 0.1) is 0 Å². The number of nitrogens with one attached hydrogen (secondary N) is 1. The normalized spacial score (nSPS) is 19.7. The van der Waals surface area contributed by atoms with E-state index < -0.39 is 33.9 Å². The average Bonchev–Trinajstić information content (AvgIpc) is 3.16. The van der Waals surface area contributed by atoms with Crippen molar-refractivity contribution < 1.29 is 27.2 Å². The number of fused-ring (bicyclic) bond motifs is 1. The minimum absolute atomic E-state index is 0.00605. The topological polar surface area (TPSA) is 103 Å². The molecule has 0 radical (unpaired) electrons. The van der Waals surface area contributed by atoms with Gasteiger partial charge in [-0.2, -0.15) is 0 Å². The van der Waals surface area contributed by atoms with E-state index in [-0.39, 0.29) is 17.9 Å². The van der Waals surface area contributed by atoms with Gasteiger partial charge in [-0.3, -0.25) is 9.59 Å². The molecule has 146 valence electrons. The van der Waals surface area contributed by atoms with Crippen LogP contribution < -0.4 is 5.32 Å². The van der Waals surface area contributed by atoms with Gasteiger partial charge in [0.1, 0.15) is 5.58 Å². The number of rotatable bonds is 6. The Morgan fingerprint density at radius 2 is 2.15 bits per heavy atom. The van der Waals surface area contributed by atoms with E-state index >= 15 is 0 Å². The highest BCUT2D eigenvalue weighted by molar-refractivity contribution is 7.91. The molecule has 2 heterocycles. The van der Waals surface area contributed by atoms with Gasteiger partial charge in [0.05, 0.1) is 24.2 Å². The van der Waals surface area contributed by atoms with E-state index in [0.717, 1.165) is 17.4 Å². The SMILES string of the molecule is CCc1ccc2c(CC(=O)O[C@H](C)C(=O)N[C@@H]3CCS(=O)(=O)C3)coc2c1. The van der Waals surface area contributed by atoms with Crippen LogP contribution in [0.4, 0.5) is 0 Å². The molecule has 0 spiro atoms. The molecule has 1 aromatic heterocycles. The molecule has 0 unspecified atom stereocenters. The summed E-state index contributed by atoms with van der Waals surface area (Å²) < 4.78 is 33.6. The van der Waals surface area contributed by atoms with E-state index in [0.29, 0.717) is 17.6 Å². The number of ether oxygens (including phenoxy) is 1. The molecule has 0 bridgehead atoms. The minimum Gasteiger partial charge on any atom is -0.464 e. The second-order valence-corrected chi connectivity index (χ2v) is 9.09. The zero-order valence-corrected chi connectivity index (χ0v) is 16.2. The molecule has 1 N–H and O–H groups in total. The number of hydrogen-bond donors (Lipinski definition) is 1. The van der Waals surface area contributed by atoms with E-state index in [1.165, 1.54) is 13.2 Å². The summed E-state index contributed by atoms with van der Waals surface area (Å²) in [6.45, 7) is 3.52. The number of carbonyl (C=O) groups excluding carboxylic acids is 2. The van der Waals surface area contributed by atoms with Crippen molar-refractivity contribution >= 4 is 32.7 Å². The highest BCUT2D eigenvalue weighted by Gasteiger charge is 2.30. The monoisotopic (exact) mass is 393 g/mol. The van der Waals surface area contributed by atoms with Crippen molar-refractivity contribution in [3.8, 4) is 0 Å². The Balaban J connectivity index is 1.56. The zero-order valence-electron chi connectivity index (χ0n) is 15.4. The maximum absolute atomic E-state index is 12.2. The van der Waals surface area contributed by atoms with Gasteiger partial charge in [-0.1, -0.05) is 19.1 Å². The zero-order chi connectivity index (χ0) is 19.6. The molecule has 1 amide bonds. The molecular formula is C19H23NO6S. The molecule has 1 fully saturated rings. The van der Waals surface area contributed by atoms with E-state index in [4.69, 9.17) is 9.15 Å². The van der Waals surface area contributed by atoms with Gasteiger partial charge >= 0.3 is 5.97 Å². The molecule has 1 aromatic carbocycles. The van der Waals surface area contributed by atoms with Crippen molar-refractivity contribution in [1.82, 2.24) is 5.32 Å². The van der Waals surface area contributed by atoms with Gasteiger partial charge in [-0.25, -0.2) is 8.42 Å². The number of hydrogen-bond acceptors (Lipinski definition) is 6. The number of furan rings is 1. The third-order valence-corrected chi connectivity index (χ3v) is 6.49. The molecule has 27 heavy (non-hydrogen) atoms. The van der Waals surface area contributed by atoms with Crippen molar-refractivity contribution in [1.29, 1.82) is 0 Å². The van der Waals surface area contributed by atoms with Crippen LogP contribution in [-0.2, 0) is 37.0 Å². The van der Waals surface area contributed by atoms with E-state index in [9.17, 15) is 18.0 Å². The lowest BCUT2D eigenvalue weighted by molar-refractivity contribution is -0.154. The molecule has 2 aromatic rings. The molecule has 0 saturated carbocycles. The molecule has 2 atom stereocenters. The lowest BCUT2D eigenvalue weighted by Gasteiger charge is -2.16. The Bertz CT molecular complexity index is 962. The second kappa shape index (κ2) is 7.72. The summed E-state index contributed by atoms with van der Waals surface area (Å²) in [7, 11) is -3.08. The minimum atomic E-state index is -3.08.